The van der Waals surface area contributed by atoms with Gasteiger partial charge in [-0.25, -0.2) is 0 Å². The molecule has 2 saturated heterocycles. The van der Waals surface area contributed by atoms with E-state index in [1.807, 2.05) is 25.4 Å². The second-order valence-corrected chi connectivity index (χ2v) is 8.31. The van der Waals surface area contributed by atoms with Crippen LogP contribution in [0.15, 0.2) is 24.5 Å². The van der Waals surface area contributed by atoms with Gasteiger partial charge >= 0.3 is 5.97 Å². The maximum atomic E-state index is 13.0. The van der Waals surface area contributed by atoms with Crippen molar-refractivity contribution in [1.29, 1.82) is 0 Å². The average molecular weight is 375 g/mol. The summed E-state index contributed by atoms with van der Waals surface area (Å²) in [6, 6.07) is 4.13. The monoisotopic (exact) mass is 374 g/mol. The summed E-state index contributed by atoms with van der Waals surface area (Å²) >= 11 is 0. The number of carbonyl (C=O) groups excluding carboxylic acids is 1. The lowest BCUT2D eigenvalue weighted by Gasteiger charge is -2.31. The predicted molar refractivity (Wildman–Crippen MR) is 106 cm³/mol. The van der Waals surface area contributed by atoms with Gasteiger partial charge in [0.25, 0.3) is 0 Å². The SMILES string of the molecule is CCOC(=O)[C@@]12CCCN(Cc3cccnc3)C[C@@H]1CN(CCN(C)C)C2. The van der Waals surface area contributed by atoms with Gasteiger partial charge in [-0.1, -0.05) is 6.07 Å². The van der Waals surface area contributed by atoms with E-state index in [-0.39, 0.29) is 11.4 Å². The Labute approximate surface area is 163 Å². The molecule has 0 radical (unpaired) electrons. The zero-order chi connectivity index (χ0) is 19.3. The van der Waals surface area contributed by atoms with Crippen LogP contribution in [0.5, 0.6) is 0 Å². The van der Waals surface area contributed by atoms with Crippen molar-refractivity contribution in [2.75, 3.05) is 60.0 Å². The van der Waals surface area contributed by atoms with Crippen molar-refractivity contribution in [3.63, 3.8) is 0 Å². The Hall–Kier alpha value is -1.50. The molecule has 1 aromatic heterocycles. The van der Waals surface area contributed by atoms with Gasteiger partial charge in [0.15, 0.2) is 0 Å². The minimum absolute atomic E-state index is 0.0191. The quantitative estimate of drug-likeness (QED) is 0.678. The van der Waals surface area contributed by atoms with Crippen LogP contribution in [-0.4, -0.2) is 85.6 Å². The molecule has 6 nitrogen and oxygen atoms in total. The van der Waals surface area contributed by atoms with E-state index in [1.165, 1.54) is 5.56 Å². The molecule has 0 N–H and O–H groups in total. The highest BCUT2D eigenvalue weighted by atomic mass is 16.5. The highest BCUT2D eigenvalue weighted by molar-refractivity contribution is 5.78. The number of pyridine rings is 1. The molecule has 0 unspecified atom stereocenters. The Morgan fingerprint density at radius 3 is 2.89 bits per heavy atom. The molecule has 3 heterocycles. The number of carbonyl (C=O) groups is 1. The Balaban J connectivity index is 1.74. The number of ether oxygens (including phenoxy) is 1. The van der Waals surface area contributed by atoms with Crippen molar-refractivity contribution >= 4 is 5.97 Å². The van der Waals surface area contributed by atoms with Gasteiger partial charge in [0.2, 0.25) is 0 Å². The second-order valence-electron chi connectivity index (χ2n) is 8.31. The van der Waals surface area contributed by atoms with Gasteiger partial charge < -0.3 is 14.5 Å². The van der Waals surface area contributed by atoms with Crippen LogP contribution >= 0.6 is 0 Å². The molecular formula is C21H34N4O2. The van der Waals surface area contributed by atoms with E-state index in [9.17, 15) is 4.79 Å². The maximum absolute atomic E-state index is 13.0. The van der Waals surface area contributed by atoms with Crippen molar-refractivity contribution in [3.8, 4) is 0 Å². The van der Waals surface area contributed by atoms with E-state index in [1.54, 1.807) is 0 Å². The fourth-order valence-electron chi connectivity index (χ4n) is 4.63. The number of likely N-dealkylation sites (N-methyl/N-ethyl adjacent to an activating group) is 1. The third kappa shape index (κ3) is 4.86. The van der Waals surface area contributed by atoms with E-state index in [0.29, 0.717) is 12.5 Å². The molecule has 150 valence electrons. The van der Waals surface area contributed by atoms with Gasteiger partial charge in [0.1, 0.15) is 0 Å². The molecule has 0 aromatic carbocycles. The number of hydrogen-bond donors (Lipinski definition) is 0. The number of rotatable bonds is 7. The number of nitrogens with zero attached hydrogens (tertiary/aromatic N) is 4. The molecule has 2 aliphatic rings. The minimum Gasteiger partial charge on any atom is -0.466 e. The highest BCUT2D eigenvalue weighted by Gasteiger charge is 2.53. The van der Waals surface area contributed by atoms with Crippen LogP contribution in [0.1, 0.15) is 25.3 Å². The lowest BCUT2D eigenvalue weighted by Crippen LogP contribution is -2.42. The smallest absolute Gasteiger partial charge is 0.313 e. The molecule has 0 aliphatic carbocycles. The van der Waals surface area contributed by atoms with Gasteiger partial charge in [-0.05, 0) is 52.0 Å². The Bertz CT molecular complexity index is 609. The summed E-state index contributed by atoms with van der Waals surface area (Å²) in [6.07, 6.45) is 5.73. The number of hydrogen-bond acceptors (Lipinski definition) is 6. The van der Waals surface area contributed by atoms with Gasteiger partial charge in [-0.2, -0.15) is 0 Å². The summed E-state index contributed by atoms with van der Waals surface area (Å²) < 4.78 is 5.56. The van der Waals surface area contributed by atoms with Crippen molar-refractivity contribution in [2.24, 2.45) is 11.3 Å². The average Bonchev–Trinajstić information content (AvgIpc) is 2.90. The maximum Gasteiger partial charge on any atom is 0.313 e. The van der Waals surface area contributed by atoms with Crippen molar-refractivity contribution in [1.82, 2.24) is 19.7 Å². The summed E-state index contributed by atoms with van der Waals surface area (Å²) in [6.45, 7) is 9.11. The third-order valence-electron chi connectivity index (χ3n) is 6.02. The van der Waals surface area contributed by atoms with Crippen LogP contribution in [0.3, 0.4) is 0 Å². The van der Waals surface area contributed by atoms with Crippen molar-refractivity contribution in [3.05, 3.63) is 30.1 Å². The normalized spacial score (nSPS) is 26.7. The summed E-state index contributed by atoms with van der Waals surface area (Å²) in [4.78, 5) is 24.4. The van der Waals surface area contributed by atoms with E-state index in [4.69, 9.17) is 4.74 Å². The summed E-state index contributed by atoms with van der Waals surface area (Å²) in [5.74, 6) is 0.350. The lowest BCUT2D eigenvalue weighted by atomic mass is 9.75. The first-order chi connectivity index (χ1) is 13.0. The lowest BCUT2D eigenvalue weighted by molar-refractivity contribution is -0.157. The first-order valence-electron chi connectivity index (χ1n) is 10.2. The molecule has 2 atom stereocenters. The molecule has 2 fully saturated rings. The van der Waals surface area contributed by atoms with Crippen molar-refractivity contribution in [2.45, 2.75) is 26.3 Å². The van der Waals surface area contributed by atoms with Crippen LogP contribution in [-0.2, 0) is 16.1 Å². The summed E-state index contributed by atoms with van der Waals surface area (Å²) in [5, 5.41) is 0. The van der Waals surface area contributed by atoms with Crippen LogP contribution < -0.4 is 0 Å². The fraction of sp³-hybridized carbons (Fsp3) is 0.714. The minimum atomic E-state index is -0.341. The zero-order valence-corrected chi connectivity index (χ0v) is 17.1. The molecule has 2 aliphatic heterocycles. The molecule has 27 heavy (non-hydrogen) atoms. The standard InChI is InChI=1S/C21H34N4O2/c1-4-27-20(26)21-8-6-10-24(14-18-7-5-9-22-13-18)15-19(21)16-25(17-21)12-11-23(2)3/h5,7,9,13,19H,4,6,8,10-12,14-17H2,1-3H3/t19-,21-/m1/s1. The van der Waals surface area contributed by atoms with Gasteiger partial charge in [-0.15, -0.1) is 0 Å². The number of esters is 1. The Morgan fingerprint density at radius 2 is 2.19 bits per heavy atom. The first kappa shape index (κ1) is 20.2. The van der Waals surface area contributed by atoms with Crippen molar-refractivity contribution < 1.29 is 9.53 Å². The first-order valence-corrected chi connectivity index (χ1v) is 10.2. The number of aromatic nitrogens is 1. The van der Waals surface area contributed by atoms with Crippen LogP contribution in [0.4, 0.5) is 0 Å². The van der Waals surface area contributed by atoms with Gasteiger partial charge in [0.05, 0.1) is 12.0 Å². The molecule has 3 rings (SSSR count). The predicted octanol–water partition coefficient (Wildman–Crippen LogP) is 1.72. The summed E-state index contributed by atoms with van der Waals surface area (Å²) in [7, 11) is 4.20. The molecular weight excluding hydrogens is 340 g/mol. The molecule has 1 aromatic rings. The molecule has 0 spiro atoms. The Morgan fingerprint density at radius 1 is 1.37 bits per heavy atom. The summed E-state index contributed by atoms with van der Waals surface area (Å²) in [5.41, 5.74) is 0.898. The van der Waals surface area contributed by atoms with E-state index in [2.05, 4.69) is 39.8 Å². The zero-order valence-electron chi connectivity index (χ0n) is 17.1. The third-order valence-corrected chi connectivity index (χ3v) is 6.02. The van der Waals surface area contributed by atoms with E-state index >= 15 is 0 Å². The molecule has 0 amide bonds. The van der Waals surface area contributed by atoms with E-state index in [0.717, 1.165) is 58.7 Å². The second kappa shape index (κ2) is 9.13. The van der Waals surface area contributed by atoms with E-state index < -0.39 is 0 Å². The highest BCUT2D eigenvalue weighted by Crippen LogP contribution is 2.43. The number of likely N-dealkylation sites (tertiary alicyclic amines) is 2. The largest absolute Gasteiger partial charge is 0.466 e. The van der Waals surface area contributed by atoms with Crippen LogP contribution in [0.25, 0.3) is 0 Å². The molecule has 0 bridgehead atoms. The van der Waals surface area contributed by atoms with Crippen LogP contribution in [0, 0.1) is 11.3 Å². The molecule has 6 heteroatoms. The van der Waals surface area contributed by atoms with Gasteiger partial charge in [-0.3, -0.25) is 14.7 Å². The van der Waals surface area contributed by atoms with Crippen LogP contribution in [0.2, 0.25) is 0 Å². The topological polar surface area (TPSA) is 48.9 Å². The van der Waals surface area contributed by atoms with Gasteiger partial charge in [0, 0.05) is 57.6 Å². The molecule has 0 saturated carbocycles. The Kier molecular flexibility index (Phi) is 6.84. The fourth-order valence-corrected chi connectivity index (χ4v) is 4.63. The number of fused-ring (bicyclic) bond motifs is 1.